The van der Waals surface area contributed by atoms with E-state index in [9.17, 15) is 9.18 Å². The number of nitriles is 1. The van der Waals surface area contributed by atoms with E-state index in [1.807, 2.05) is 6.07 Å². The van der Waals surface area contributed by atoms with Crippen molar-refractivity contribution in [1.29, 1.82) is 5.26 Å². The molecule has 0 atom stereocenters. The number of ether oxygens (including phenoxy) is 1. The van der Waals surface area contributed by atoms with Crippen molar-refractivity contribution in [2.24, 2.45) is 5.73 Å². The van der Waals surface area contributed by atoms with Gasteiger partial charge in [0.15, 0.2) is 0 Å². The van der Waals surface area contributed by atoms with Crippen molar-refractivity contribution in [3.63, 3.8) is 0 Å². The molecule has 6 heteroatoms. The molecule has 0 bridgehead atoms. The maximum absolute atomic E-state index is 13.0. The highest BCUT2D eigenvalue weighted by Gasteiger charge is 2.03. The first-order valence-corrected chi connectivity index (χ1v) is 5.38. The lowest BCUT2D eigenvalue weighted by Gasteiger charge is -2.07. The summed E-state index contributed by atoms with van der Waals surface area (Å²) in [5.41, 5.74) is 5.91. The number of amides is 1. The summed E-state index contributed by atoms with van der Waals surface area (Å²) in [5.74, 6) is -0.900. The van der Waals surface area contributed by atoms with Crippen LogP contribution < -0.4 is 11.1 Å². The van der Waals surface area contributed by atoms with E-state index in [4.69, 9.17) is 15.7 Å². The Morgan fingerprint density at radius 3 is 3.00 bits per heavy atom. The molecule has 1 aromatic rings. The minimum absolute atomic E-state index is 0.120. The lowest BCUT2D eigenvalue weighted by molar-refractivity contribution is -0.122. The first-order valence-electron chi connectivity index (χ1n) is 5.38. The van der Waals surface area contributed by atoms with Crippen molar-refractivity contribution in [2.45, 2.75) is 6.54 Å². The van der Waals surface area contributed by atoms with E-state index in [1.165, 1.54) is 18.2 Å². The second-order valence-electron chi connectivity index (χ2n) is 3.61. The zero-order valence-electron chi connectivity index (χ0n) is 9.78. The standard InChI is InChI=1S/C12H14FN3O2/c13-11-2-1-9(6-14)10(5-11)7-16-3-4-18-8-12(15)17/h1-2,5,16H,3-4,7-8H2,(H2,15,17). The van der Waals surface area contributed by atoms with Gasteiger partial charge < -0.3 is 15.8 Å². The number of halogens is 1. The summed E-state index contributed by atoms with van der Waals surface area (Å²) in [6, 6.07) is 5.99. The SMILES string of the molecule is N#Cc1ccc(F)cc1CNCCOCC(N)=O. The van der Waals surface area contributed by atoms with Crippen LogP contribution in [0.3, 0.4) is 0 Å². The quantitative estimate of drug-likeness (QED) is 0.682. The topological polar surface area (TPSA) is 88.1 Å². The maximum atomic E-state index is 13.0. The Morgan fingerprint density at radius 1 is 1.56 bits per heavy atom. The predicted octanol–water partition coefficient (Wildman–Crippen LogP) is 0.289. The highest BCUT2D eigenvalue weighted by molar-refractivity contribution is 5.74. The molecule has 0 aliphatic heterocycles. The van der Waals surface area contributed by atoms with Gasteiger partial charge in [-0.1, -0.05) is 0 Å². The molecule has 1 rings (SSSR count). The van der Waals surface area contributed by atoms with Gasteiger partial charge in [-0.3, -0.25) is 4.79 Å². The molecule has 0 aliphatic rings. The number of nitrogens with one attached hydrogen (secondary N) is 1. The summed E-state index contributed by atoms with van der Waals surface area (Å²) >= 11 is 0. The molecule has 0 radical (unpaired) electrons. The molecule has 0 unspecified atom stereocenters. The molecule has 0 heterocycles. The number of hydrogen-bond acceptors (Lipinski definition) is 4. The Morgan fingerprint density at radius 2 is 2.33 bits per heavy atom. The normalized spacial score (nSPS) is 10.0. The van der Waals surface area contributed by atoms with Crippen LogP contribution in [0.25, 0.3) is 0 Å². The molecule has 18 heavy (non-hydrogen) atoms. The highest BCUT2D eigenvalue weighted by Crippen LogP contribution is 2.09. The van der Waals surface area contributed by atoms with Gasteiger partial charge in [0.05, 0.1) is 18.2 Å². The molecule has 0 saturated heterocycles. The molecule has 1 aromatic carbocycles. The zero-order chi connectivity index (χ0) is 13.4. The molecule has 0 fully saturated rings. The van der Waals surface area contributed by atoms with E-state index >= 15 is 0 Å². The fraction of sp³-hybridized carbons (Fsp3) is 0.333. The minimum Gasteiger partial charge on any atom is -0.370 e. The number of nitrogens with two attached hydrogens (primary N) is 1. The third kappa shape index (κ3) is 4.91. The van der Waals surface area contributed by atoms with E-state index in [1.54, 1.807) is 0 Å². The Balaban J connectivity index is 2.33. The Hall–Kier alpha value is -1.97. The van der Waals surface area contributed by atoms with Crippen LogP contribution >= 0.6 is 0 Å². The van der Waals surface area contributed by atoms with Crippen LogP contribution in [-0.2, 0) is 16.1 Å². The van der Waals surface area contributed by atoms with Crippen LogP contribution in [0.4, 0.5) is 4.39 Å². The van der Waals surface area contributed by atoms with Crippen molar-refractivity contribution in [3.8, 4) is 6.07 Å². The summed E-state index contributed by atoms with van der Waals surface area (Å²) < 4.78 is 17.9. The van der Waals surface area contributed by atoms with Gasteiger partial charge in [-0.05, 0) is 23.8 Å². The number of benzene rings is 1. The fourth-order valence-corrected chi connectivity index (χ4v) is 1.36. The van der Waals surface area contributed by atoms with Crippen molar-refractivity contribution < 1.29 is 13.9 Å². The van der Waals surface area contributed by atoms with Gasteiger partial charge in [-0.15, -0.1) is 0 Å². The second kappa shape index (κ2) is 7.37. The third-order valence-corrected chi connectivity index (χ3v) is 2.17. The van der Waals surface area contributed by atoms with E-state index in [2.05, 4.69) is 5.32 Å². The molecule has 0 aromatic heterocycles. The molecule has 1 amide bonds. The highest BCUT2D eigenvalue weighted by atomic mass is 19.1. The first kappa shape index (κ1) is 14.1. The lowest BCUT2D eigenvalue weighted by Crippen LogP contribution is -2.24. The lowest BCUT2D eigenvalue weighted by atomic mass is 10.1. The largest absolute Gasteiger partial charge is 0.370 e. The Kier molecular flexibility index (Phi) is 5.77. The van der Waals surface area contributed by atoms with Crippen molar-refractivity contribution >= 4 is 5.91 Å². The average Bonchev–Trinajstić information content (AvgIpc) is 2.33. The molecule has 96 valence electrons. The molecular formula is C12H14FN3O2. The van der Waals surface area contributed by atoms with E-state index < -0.39 is 5.91 Å². The minimum atomic E-state index is -0.521. The molecule has 0 spiro atoms. The van der Waals surface area contributed by atoms with Crippen molar-refractivity contribution in [1.82, 2.24) is 5.32 Å². The van der Waals surface area contributed by atoms with Crippen LogP contribution in [0.2, 0.25) is 0 Å². The Labute approximate surface area is 104 Å². The van der Waals surface area contributed by atoms with E-state index in [-0.39, 0.29) is 12.4 Å². The monoisotopic (exact) mass is 251 g/mol. The molecule has 0 aliphatic carbocycles. The summed E-state index contributed by atoms with van der Waals surface area (Å²) in [6.45, 7) is 1.04. The number of carbonyl (C=O) groups excluding carboxylic acids is 1. The summed E-state index contributed by atoms with van der Waals surface area (Å²) in [5, 5.41) is 11.8. The van der Waals surface area contributed by atoms with Crippen LogP contribution in [0.15, 0.2) is 18.2 Å². The fourth-order valence-electron chi connectivity index (χ4n) is 1.36. The van der Waals surface area contributed by atoms with Gasteiger partial charge in [-0.2, -0.15) is 5.26 Å². The summed E-state index contributed by atoms with van der Waals surface area (Å²) in [7, 11) is 0. The number of hydrogen-bond donors (Lipinski definition) is 2. The van der Waals surface area contributed by atoms with Gasteiger partial charge >= 0.3 is 0 Å². The van der Waals surface area contributed by atoms with Gasteiger partial charge in [-0.25, -0.2) is 4.39 Å². The van der Waals surface area contributed by atoms with Gasteiger partial charge in [0.2, 0.25) is 5.91 Å². The molecule has 0 saturated carbocycles. The molecule has 3 N–H and O–H groups in total. The summed E-state index contributed by atoms with van der Waals surface area (Å²) in [4.78, 5) is 10.4. The van der Waals surface area contributed by atoms with E-state index in [0.29, 0.717) is 30.8 Å². The van der Waals surface area contributed by atoms with Gasteiger partial charge in [0.1, 0.15) is 12.4 Å². The van der Waals surface area contributed by atoms with Crippen molar-refractivity contribution in [3.05, 3.63) is 35.1 Å². The molecule has 5 nitrogen and oxygen atoms in total. The number of carbonyl (C=O) groups is 1. The van der Waals surface area contributed by atoms with Gasteiger partial charge in [0.25, 0.3) is 0 Å². The van der Waals surface area contributed by atoms with Gasteiger partial charge in [0, 0.05) is 13.1 Å². The van der Waals surface area contributed by atoms with Crippen molar-refractivity contribution in [2.75, 3.05) is 19.8 Å². The van der Waals surface area contributed by atoms with Crippen LogP contribution in [0.5, 0.6) is 0 Å². The van der Waals surface area contributed by atoms with Crippen LogP contribution in [-0.4, -0.2) is 25.7 Å². The zero-order valence-corrected chi connectivity index (χ0v) is 9.78. The summed E-state index contributed by atoms with van der Waals surface area (Å²) in [6.07, 6.45) is 0. The van der Waals surface area contributed by atoms with Crippen LogP contribution in [0, 0.1) is 17.1 Å². The number of primary amides is 1. The molecular weight excluding hydrogens is 237 g/mol. The predicted molar refractivity (Wildman–Crippen MR) is 62.8 cm³/mol. The number of rotatable bonds is 7. The number of nitrogens with zero attached hydrogens (tertiary/aromatic N) is 1. The Bertz CT molecular complexity index is 457. The smallest absolute Gasteiger partial charge is 0.243 e. The third-order valence-electron chi connectivity index (χ3n) is 2.17. The maximum Gasteiger partial charge on any atom is 0.243 e. The second-order valence-corrected chi connectivity index (χ2v) is 3.61. The van der Waals surface area contributed by atoms with Crippen LogP contribution in [0.1, 0.15) is 11.1 Å². The average molecular weight is 251 g/mol. The van der Waals surface area contributed by atoms with E-state index in [0.717, 1.165) is 0 Å². The first-order chi connectivity index (χ1) is 8.63.